The predicted molar refractivity (Wildman–Crippen MR) is 86.0 cm³/mol. The molecule has 20 heavy (non-hydrogen) atoms. The lowest BCUT2D eigenvalue weighted by molar-refractivity contribution is 0.0928. The zero-order chi connectivity index (χ0) is 14.7. The summed E-state index contributed by atoms with van der Waals surface area (Å²) in [6.07, 6.45) is 7.85. The number of amides is 1. The maximum absolute atomic E-state index is 12.4. The average Bonchev–Trinajstić information content (AvgIpc) is 3.11. The van der Waals surface area contributed by atoms with Crippen LogP contribution < -0.4 is 5.32 Å². The summed E-state index contributed by atoms with van der Waals surface area (Å²) < 4.78 is 3.10. The van der Waals surface area contributed by atoms with Gasteiger partial charge >= 0.3 is 0 Å². The number of hydrogen-bond acceptors (Lipinski definition) is 1. The van der Waals surface area contributed by atoms with E-state index in [1.807, 2.05) is 12.3 Å². The summed E-state index contributed by atoms with van der Waals surface area (Å²) in [5, 5.41) is 3.13. The van der Waals surface area contributed by atoms with Crippen LogP contribution in [0.25, 0.3) is 0 Å². The first-order valence-electron chi connectivity index (χ1n) is 7.65. The first kappa shape index (κ1) is 15.6. The third kappa shape index (κ3) is 4.37. The predicted octanol–water partition coefficient (Wildman–Crippen LogP) is 4.53. The van der Waals surface area contributed by atoms with Crippen LogP contribution in [0.4, 0.5) is 0 Å². The molecule has 1 atom stereocenters. The van der Waals surface area contributed by atoms with Gasteiger partial charge in [0.2, 0.25) is 0 Å². The van der Waals surface area contributed by atoms with Crippen LogP contribution in [0.15, 0.2) is 16.7 Å². The van der Waals surface area contributed by atoms with Crippen LogP contribution in [-0.2, 0) is 0 Å². The molecule has 1 N–H and O–H groups in total. The molecule has 0 bridgehead atoms. The fourth-order valence-electron chi connectivity index (χ4n) is 2.48. The quantitative estimate of drug-likeness (QED) is 0.777. The van der Waals surface area contributed by atoms with E-state index in [1.54, 1.807) is 0 Å². The standard InChI is InChI=1S/C16H25BrN2O/c1-11(2)5-4-6-12(3)18-16(20)15-9-13(17)10-19(15)14-7-8-14/h9-12,14H,4-8H2,1-3H3,(H,18,20). The van der Waals surface area contributed by atoms with Gasteiger partial charge in [0.05, 0.1) is 0 Å². The molecule has 1 fully saturated rings. The molecule has 0 radical (unpaired) electrons. The monoisotopic (exact) mass is 340 g/mol. The van der Waals surface area contributed by atoms with Crippen LogP contribution in [0.2, 0.25) is 0 Å². The van der Waals surface area contributed by atoms with Crippen molar-refractivity contribution in [2.45, 2.75) is 65.0 Å². The highest BCUT2D eigenvalue weighted by Crippen LogP contribution is 2.37. The maximum atomic E-state index is 12.4. The Labute approximate surface area is 130 Å². The first-order valence-corrected chi connectivity index (χ1v) is 8.45. The number of aromatic nitrogens is 1. The van der Waals surface area contributed by atoms with E-state index in [0.29, 0.717) is 6.04 Å². The van der Waals surface area contributed by atoms with Crippen molar-refractivity contribution in [3.63, 3.8) is 0 Å². The zero-order valence-corrected chi connectivity index (χ0v) is 14.2. The van der Waals surface area contributed by atoms with Crippen molar-refractivity contribution in [2.75, 3.05) is 0 Å². The van der Waals surface area contributed by atoms with Gasteiger partial charge < -0.3 is 9.88 Å². The number of rotatable bonds is 7. The summed E-state index contributed by atoms with van der Waals surface area (Å²) in [6, 6.07) is 2.69. The van der Waals surface area contributed by atoms with E-state index >= 15 is 0 Å². The summed E-state index contributed by atoms with van der Waals surface area (Å²) in [5.41, 5.74) is 0.787. The molecule has 1 amide bonds. The minimum atomic E-state index is 0.0552. The molecule has 1 aromatic heterocycles. The number of carbonyl (C=O) groups excluding carboxylic acids is 1. The van der Waals surface area contributed by atoms with Crippen LogP contribution in [0.1, 0.15) is 69.4 Å². The average molecular weight is 341 g/mol. The normalized spacial score (nSPS) is 16.4. The van der Waals surface area contributed by atoms with Gasteiger partial charge in [-0.05, 0) is 54.1 Å². The van der Waals surface area contributed by atoms with Gasteiger partial charge in [-0.25, -0.2) is 0 Å². The van der Waals surface area contributed by atoms with Gasteiger partial charge in [0.1, 0.15) is 5.69 Å². The second-order valence-corrected chi connectivity index (χ2v) is 7.30. The Balaban J connectivity index is 1.88. The van der Waals surface area contributed by atoms with E-state index in [0.717, 1.165) is 22.5 Å². The Morgan fingerprint density at radius 3 is 2.70 bits per heavy atom. The lowest BCUT2D eigenvalue weighted by Gasteiger charge is -2.15. The molecule has 1 heterocycles. The van der Waals surface area contributed by atoms with Crippen molar-refractivity contribution in [1.29, 1.82) is 0 Å². The van der Waals surface area contributed by atoms with E-state index in [1.165, 1.54) is 25.7 Å². The molecule has 2 rings (SSSR count). The molecule has 1 unspecified atom stereocenters. The van der Waals surface area contributed by atoms with Gasteiger partial charge in [-0.1, -0.05) is 26.7 Å². The Bertz CT molecular complexity index is 463. The fraction of sp³-hybridized carbons (Fsp3) is 0.688. The van der Waals surface area contributed by atoms with E-state index in [-0.39, 0.29) is 11.9 Å². The SMILES string of the molecule is CC(C)CCCC(C)NC(=O)c1cc(Br)cn1C1CC1. The number of nitrogens with one attached hydrogen (secondary N) is 1. The van der Waals surface area contributed by atoms with Gasteiger partial charge in [0.25, 0.3) is 5.91 Å². The van der Waals surface area contributed by atoms with Crippen LogP contribution in [0, 0.1) is 5.92 Å². The molecule has 0 spiro atoms. The largest absolute Gasteiger partial charge is 0.348 e. The topological polar surface area (TPSA) is 34.0 Å². The highest BCUT2D eigenvalue weighted by molar-refractivity contribution is 9.10. The van der Waals surface area contributed by atoms with Crippen molar-refractivity contribution in [3.05, 3.63) is 22.4 Å². The minimum Gasteiger partial charge on any atom is -0.348 e. The molecular formula is C16H25BrN2O. The molecule has 0 saturated heterocycles. The highest BCUT2D eigenvalue weighted by Gasteiger charge is 2.28. The van der Waals surface area contributed by atoms with E-state index < -0.39 is 0 Å². The molecule has 0 aliphatic heterocycles. The Kier molecular flexibility index (Phi) is 5.30. The highest BCUT2D eigenvalue weighted by atomic mass is 79.9. The molecule has 1 saturated carbocycles. The van der Waals surface area contributed by atoms with Gasteiger partial charge in [-0.15, -0.1) is 0 Å². The van der Waals surface area contributed by atoms with Gasteiger partial charge in [0.15, 0.2) is 0 Å². The molecule has 0 aromatic carbocycles. The fourth-order valence-corrected chi connectivity index (χ4v) is 2.92. The van der Waals surface area contributed by atoms with Gasteiger partial charge in [-0.2, -0.15) is 0 Å². The molecule has 3 nitrogen and oxygen atoms in total. The number of carbonyl (C=O) groups is 1. The molecule has 1 aromatic rings. The van der Waals surface area contributed by atoms with Gasteiger partial charge in [0, 0.05) is 22.8 Å². The van der Waals surface area contributed by atoms with E-state index in [4.69, 9.17) is 0 Å². The summed E-state index contributed by atoms with van der Waals surface area (Å²) in [4.78, 5) is 12.4. The van der Waals surface area contributed by atoms with Crippen LogP contribution in [0.3, 0.4) is 0 Å². The molecule has 1 aliphatic rings. The summed E-state index contributed by atoms with van der Waals surface area (Å²) >= 11 is 3.47. The third-order valence-electron chi connectivity index (χ3n) is 3.78. The van der Waals surface area contributed by atoms with Crippen LogP contribution >= 0.6 is 15.9 Å². The Morgan fingerprint density at radius 2 is 2.10 bits per heavy atom. The summed E-state index contributed by atoms with van der Waals surface area (Å²) in [6.45, 7) is 6.57. The number of halogens is 1. The minimum absolute atomic E-state index is 0.0552. The number of hydrogen-bond donors (Lipinski definition) is 1. The second-order valence-electron chi connectivity index (χ2n) is 6.38. The van der Waals surface area contributed by atoms with E-state index in [9.17, 15) is 4.79 Å². The zero-order valence-electron chi connectivity index (χ0n) is 12.7. The summed E-state index contributed by atoms with van der Waals surface area (Å²) in [7, 11) is 0. The van der Waals surface area contributed by atoms with Crippen molar-refractivity contribution >= 4 is 21.8 Å². The van der Waals surface area contributed by atoms with Crippen LogP contribution in [0.5, 0.6) is 0 Å². The van der Waals surface area contributed by atoms with Gasteiger partial charge in [-0.3, -0.25) is 4.79 Å². The third-order valence-corrected chi connectivity index (χ3v) is 4.22. The molecule has 4 heteroatoms. The van der Waals surface area contributed by atoms with Crippen molar-refractivity contribution < 1.29 is 4.79 Å². The van der Waals surface area contributed by atoms with Crippen molar-refractivity contribution in [2.24, 2.45) is 5.92 Å². The smallest absolute Gasteiger partial charge is 0.268 e. The number of nitrogens with zero attached hydrogens (tertiary/aromatic N) is 1. The van der Waals surface area contributed by atoms with Crippen molar-refractivity contribution in [3.8, 4) is 0 Å². The van der Waals surface area contributed by atoms with Crippen LogP contribution in [-0.4, -0.2) is 16.5 Å². The molecule has 1 aliphatic carbocycles. The molecular weight excluding hydrogens is 316 g/mol. The Hall–Kier alpha value is -0.770. The molecule has 112 valence electrons. The van der Waals surface area contributed by atoms with Crippen molar-refractivity contribution in [1.82, 2.24) is 9.88 Å². The maximum Gasteiger partial charge on any atom is 0.268 e. The lowest BCUT2D eigenvalue weighted by Crippen LogP contribution is -2.33. The second kappa shape index (κ2) is 6.79. The first-order chi connectivity index (χ1) is 9.47. The van der Waals surface area contributed by atoms with E-state index in [2.05, 4.69) is 46.6 Å². The lowest BCUT2D eigenvalue weighted by atomic mass is 10.0. The Morgan fingerprint density at radius 1 is 1.40 bits per heavy atom. The summed E-state index contributed by atoms with van der Waals surface area (Å²) in [5.74, 6) is 0.792.